The summed E-state index contributed by atoms with van der Waals surface area (Å²) in [5, 5.41) is 23.1. The number of aliphatic hydroxyl groups is 2. The molecule has 1 amide bonds. The minimum absolute atomic E-state index is 0.0896. The average molecular weight is 656 g/mol. The number of amides is 1. The first-order valence-corrected chi connectivity index (χ1v) is 20.0. The second-order valence-corrected chi connectivity index (χ2v) is 13.3. The fourth-order valence-electron chi connectivity index (χ4n) is 5.75. The number of nitrogens with one attached hydrogen (secondary N) is 1. The zero-order chi connectivity index (χ0) is 34.3. The molecular weight excluding hydrogens is 578 g/mol. The van der Waals surface area contributed by atoms with Crippen molar-refractivity contribution in [3.05, 3.63) is 60.8 Å². The molecule has 3 N–H and O–H groups in total. The van der Waals surface area contributed by atoms with Gasteiger partial charge in [0.05, 0.1) is 18.8 Å². The highest BCUT2D eigenvalue weighted by Crippen LogP contribution is 2.15. The van der Waals surface area contributed by atoms with E-state index in [1.807, 2.05) is 0 Å². The first-order chi connectivity index (χ1) is 23.2. The molecule has 2 atom stereocenters. The Kier molecular flexibility index (Phi) is 37.0. The number of carbonyl (C=O) groups excluding carboxylic acids is 1. The van der Waals surface area contributed by atoms with E-state index in [9.17, 15) is 15.0 Å². The molecule has 0 radical (unpaired) electrons. The van der Waals surface area contributed by atoms with Crippen LogP contribution in [0.1, 0.15) is 187 Å². The molecule has 47 heavy (non-hydrogen) atoms. The van der Waals surface area contributed by atoms with Gasteiger partial charge in [0.25, 0.3) is 0 Å². The molecule has 272 valence electrons. The van der Waals surface area contributed by atoms with Gasteiger partial charge in [-0.15, -0.1) is 0 Å². The summed E-state index contributed by atoms with van der Waals surface area (Å²) < 4.78 is 0. The van der Waals surface area contributed by atoms with E-state index in [1.54, 1.807) is 0 Å². The molecule has 4 heteroatoms. The van der Waals surface area contributed by atoms with Crippen LogP contribution in [0.15, 0.2) is 60.8 Å². The van der Waals surface area contributed by atoms with Crippen molar-refractivity contribution >= 4 is 5.91 Å². The number of hydrogen-bond donors (Lipinski definition) is 3. The molecule has 0 aromatic rings. The fraction of sp³-hybridized carbons (Fsp3) is 0.744. The van der Waals surface area contributed by atoms with Gasteiger partial charge in [-0.2, -0.15) is 0 Å². The second kappa shape index (κ2) is 38.5. The Morgan fingerprint density at radius 2 is 0.915 bits per heavy atom. The van der Waals surface area contributed by atoms with Crippen molar-refractivity contribution in [1.82, 2.24) is 5.32 Å². The summed E-state index contributed by atoms with van der Waals surface area (Å²) >= 11 is 0. The third-order valence-corrected chi connectivity index (χ3v) is 8.79. The molecule has 0 aliphatic carbocycles. The van der Waals surface area contributed by atoms with Crippen molar-refractivity contribution in [3.8, 4) is 0 Å². The summed E-state index contributed by atoms with van der Waals surface area (Å²) in [7, 11) is 0. The van der Waals surface area contributed by atoms with Crippen molar-refractivity contribution in [3.63, 3.8) is 0 Å². The number of rotatable bonds is 35. The first-order valence-electron chi connectivity index (χ1n) is 20.0. The summed E-state index contributed by atoms with van der Waals surface area (Å²) in [5.41, 5.74) is 0. The SMILES string of the molecule is CC/C=C\C/C=C\C/C=C\C/C=C\C/C=C\CCCC(=O)NC(CO)C(O)CCCCCCCCCCCCCCCCCCCC. The Morgan fingerprint density at radius 3 is 1.32 bits per heavy atom. The first kappa shape index (κ1) is 45.1. The molecule has 0 heterocycles. The summed E-state index contributed by atoms with van der Waals surface area (Å²) in [6.45, 7) is 4.21. The van der Waals surface area contributed by atoms with Crippen LogP contribution in [0.25, 0.3) is 0 Å². The molecule has 0 spiro atoms. The summed E-state index contributed by atoms with van der Waals surface area (Å²) in [6.07, 6.45) is 52.9. The quantitative estimate of drug-likeness (QED) is 0.0470. The molecule has 0 saturated carbocycles. The van der Waals surface area contributed by atoms with Gasteiger partial charge in [0.15, 0.2) is 0 Å². The lowest BCUT2D eigenvalue weighted by atomic mass is 10.0. The lowest BCUT2D eigenvalue weighted by Crippen LogP contribution is -2.45. The van der Waals surface area contributed by atoms with Crippen LogP contribution >= 0.6 is 0 Å². The van der Waals surface area contributed by atoms with Crippen molar-refractivity contribution in [2.45, 2.75) is 199 Å². The Hall–Kier alpha value is -1.91. The monoisotopic (exact) mass is 656 g/mol. The molecule has 0 aliphatic rings. The molecule has 2 unspecified atom stereocenters. The van der Waals surface area contributed by atoms with E-state index in [0.29, 0.717) is 12.8 Å². The highest BCUT2D eigenvalue weighted by molar-refractivity contribution is 5.76. The van der Waals surface area contributed by atoms with Gasteiger partial charge in [-0.3, -0.25) is 4.79 Å². The number of hydrogen-bond acceptors (Lipinski definition) is 3. The van der Waals surface area contributed by atoms with Crippen LogP contribution in [-0.4, -0.2) is 34.9 Å². The zero-order valence-corrected chi connectivity index (χ0v) is 31.0. The van der Waals surface area contributed by atoms with Crippen LogP contribution in [0.5, 0.6) is 0 Å². The lowest BCUT2D eigenvalue weighted by Gasteiger charge is -2.22. The van der Waals surface area contributed by atoms with Crippen molar-refractivity contribution < 1.29 is 15.0 Å². The maximum Gasteiger partial charge on any atom is 0.220 e. The smallest absolute Gasteiger partial charge is 0.220 e. The van der Waals surface area contributed by atoms with Crippen LogP contribution in [-0.2, 0) is 4.79 Å². The van der Waals surface area contributed by atoms with Gasteiger partial charge in [0.1, 0.15) is 0 Å². The van der Waals surface area contributed by atoms with Gasteiger partial charge < -0.3 is 15.5 Å². The van der Waals surface area contributed by atoms with Crippen molar-refractivity contribution in [2.24, 2.45) is 0 Å². The fourth-order valence-corrected chi connectivity index (χ4v) is 5.75. The lowest BCUT2D eigenvalue weighted by molar-refractivity contribution is -0.123. The van der Waals surface area contributed by atoms with Gasteiger partial charge in [0.2, 0.25) is 5.91 Å². The maximum atomic E-state index is 12.3. The van der Waals surface area contributed by atoms with E-state index < -0.39 is 12.1 Å². The van der Waals surface area contributed by atoms with Crippen molar-refractivity contribution in [1.29, 1.82) is 0 Å². The standard InChI is InChI=1S/C43H77NO3/c1-3-5-7-9-11-13-15-17-19-21-23-24-26-28-30-32-34-36-38-42(46)41(40-45)44-43(47)39-37-35-33-31-29-27-25-22-20-18-16-14-12-10-8-6-4-2/h6,8,12,14,18,20,25,27,31,33,41-42,45-46H,3-5,7,9-11,13,15-17,19,21-24,26,28-30,32,34-40H2,1-2H3,(H,44,47)/b8-6-,14-12-,20-18-,27-25-,33-31-. The van der Waals surface area contributed by atoms with Crippen molar-refractivity contribution in [2.75, 3.05) is 6.61 Å². The van der Waals surface area contributed by atoms with Gasteiger partial charge >= 0.3 is 0 Å². The number of unbranched alkanes of at least 4 members (excludes halogenated alkanes) is 18. The van der Waals surface area contributed by atoms with Crippen LogP contribution in [0.4, 0.5) is 0 Å². The maximum absolute atomic E-state index is 12.3. The summed E-state index contributed by atoms with van der Waals surface area (Å²) in [4.78, 5) is 12.3. The van der Waals surface area contributed by atoms with E-state index in [4.69, 9.17) is 0 Å². The third-order valence-electron chi connectivity index (χ3n) is 8.79. The van der Waals surface area contributed by atoms with E-state index in [2.05, 4.69) is 79.9 Å². The van der Waals surface area contributed by atoms with Gasteiger partial charge in [0, 0.05) is 6.42 Å². The molecule has 0 rings (SSSR count). The van der Waals surface area contributed by atoms with E-state index in [1.165, 1.54) is 103 Å². The third kappa shape index (κ3) is 35.2. The van der Waals surface area contributed by atoms with E-state index >= 15 is 0 Å². The van der Waals surface area contributed by atoms with Crippen LogP contribution in [0, 0.1) is 0 Å². The number of allylic oxidation sites excluding steroid dienone is 10. The molecule has 0 aromatic heterocycles. The Bertz CT molecular complexity index is 797. The number of aliphatic hydroxyl groups excluding tert-OH is 2. The largest absolute Gasteiger partial charge is 0.394 e. The molecule has 0 aromatic carbocycles. The van der Waals surface area contributed by atoms with E-state index in [-0.39, 0.29) is 12.5 Å². The Balaban J connectivity index is 3.66. The minimum Gasteiger partial charge on any atom is -0.394 e. The highest BCUT2D eigenvalue weighted by atomic mass is 16.3. The van der Waals surface area contributed by atoms with Crippen LogP contribution < -0.4 is 5.32 Å². The topological polar surface area (TPSA) is 69.6 Å². The van der Waals surface area contributed by atoms with Gasteiger partial charge in [-0.1, -0.05) is 190 Å². The van der Waals surface area contributed by atoms with E-state index in [0.717, 1.165) is 57.8 Å². The molecule has 0 fully saturated rings. The zero-order valence-electron chi connectivity index (χ0n) is 31.0. The molecule has 0 bridgehead atoms. The highest BCUT2D eigenvalue weighted by Gasteiger charge is 2.19. The number of carbonyl (C=O) groups is 1. The molecule has 0 saturated heterocycles. The minimum atomic E-state index is -0.684. The average Bonchev–Trinajstić information content (AvgIpc) is 3.07. The van der Waals surface area contributed by atoms with Gasteiger partial charge in [-0.05, 0) is 51.4 Å². The molecule has 4 nitrogen and oxygen atoms in total. The summed E-state index contributed by atoms with van der Waals surface area (Å²) in [6, 6.07) is -0.568. The molecule has 0 aliphatic heterocycles. The molecular formula is C43H77NO3. The van der Waals surface area contributed by atoms with Gasteiger partial charge in [-0.25, -0.2) is 0 Å². The van der Waals surface area contributed by atoms with Crippen LogP contribution in [0.3, 0.4) is 0 Å². The normalized spacial score (nSPS) is 13.7. The predicted octanol–water partition coefficient (Wildman–Crippen LogP) is 12.2. The van der Waals surface area contributed by atoms with Crippen LogP contribution in [0.2, 0.25) is 0 Å². The summed E-state index contributed by atoms with van der Waals surface area (Å²) in [5.74, 6) is -0.0896. The Labute approximate surface area is 292 Å². The Morgan fingerprint density at radius 1 is 0.532 bits per heavy atom. The second-order valence-electron chi connectivity index (χ2n) is 13.3. The predicted molar refractivity (Wildman–Crippen MR) is 207 cm³/mol.